The van der Waals surface area contributed by atoms with Crippen LogP contribution in [0, 0.1) is 0 Å². The molecule has 0 aromatic heterocycles. The molecule has 0 spiro atoms. The van der Waals surface area contributed by atoms with Crippen LogP contribution in [0.4, 0.5) is 5.69 Å². The Bertz CT molecular complexity index is 718. The van der Waals surface area contributed by atoms with E-state index in [9.17, 15) is 9.59 Å². The predicted octanol–water partition coefficient (Wildman–Crippen LogP) is 3.21. The first kappa shape index (κ1) is 18.5. The van der Waals surface area contributed by atoms with E-state index in [2.05, 4.69) is 5.32 Å². The zero-order chi connectivity index (χ0) is 18.2. The van der Waals surface area contributed by atoms with Gasteiger partial charge in [0, 0.05) is 13.0 Å². The van der Waals surface area contributed by atoms with E-state index in [4.69, 9.17) is 9.84 Å². The highest BCUT2D eigenvalue weighted by Gasteiger charge is 2.17. The van der Waals surface area contributed by atoms with Gasteiger partial charge in [-0.3, -0.25) is 14.5 Å². The molecule has 6 heteroatoms. The van der Waals surface area contributed by atoms with E-state index >= 15 is 0 Å². The highest BCUT2D eigenvalue weighted by Crippen LogP contribution is 2.29. The monoisotopic (exact) mass is 342 g/mol. The minimum absolute atomic E-state index is 0.188. The number of aliphatic carboxylic acids is 1. The Morgan fingerprint density at radius 1 is 1.12 bits per heavy atom. The first-order chi connectivity index (χ1) is 12.0. The number of rotatable bonds is 8. The number of carboxylic acid groups (broad SMARTS) is 1. The van der Waals surface area contributed by atoms with Gasteiger partial charge in [-0.1, -0.05) is 30.3 Å². The van der Waals surface area contributed by atoms with E-state index in [-0.39, 0.29) is 12.3 Å². The Hall–Kier alpha value is -2.86. The van der Waals surface area contributed by atoms with Crippen LogP contribution in [0.1, 0.15) is 13.3 Å². The first-order valence-electron chi connectivity index (χ1n) is 8.02. The highest BCUT2D eigenvalue weighted by molar-refractivity contribution is 5.92. The van der Waals surface area contributed by atoms with Crippen LogP contribution >= 0.6 is 0 Å². The molecule has 0 saturated carbocycles. The second-order valence-corrected chi connectivity index (χ2v) is 5.70. The molecule has 1 amide bonds. The maximum Gasteiger partial charge on any atom is 0.320 e. The molecule has 25 heavy (non-hydrogen) atoms. The van der Waals surface area contributed by atoms with Crippen molar-refractivity contribution in [3.8, 4) is 11.5 Å². The molecular formula is C19H22N2O4. The molecular weight excluding hydrogens is 320 g/mol. The lowest BCUT2D eigenvalue weighted by Gasteiger charge is -2.20. The number of nitrogens with zero attached hydrogens (tertiary/aromatic N) is 1. The number of carbonyl (C=O) groups excluding carboxylic acids is 1. The molecule has 0 fully saturated rings. The molecule has 0 radical (unpaired) electrons. The van der Waals surface area contributed by atoms with Gasteiger partial charge < -0.3 is 15.2 Å². The molecule has 2 aromatic carbocycles. The summed E-state index contributed by atoms with van der Waals surface area (Å²) in [5.41, 5.74) is 0.574. The van der Waals surface area contributed by atoms with Crippen molar-refractivity contribution < 1.29 is 19.4 Å². The summed E-state index contributed by atoms with van der Waals surface area (Å²) in [6.07, 6.45) is 0.188. The Balaban J connectivity index is 1.96. The molecule has 0 aliphatic carbocycles. The van der Waals surface area contributed by atoms with Crippen LogP contribution < -0.4 is 10.1 Å². The molecule has 1 unspecified atom stereocenters. The quantitative estimate of drug-likeness (QED) is 0.770. The van der Waals surface area contributed by atoms with Gasteiger partial charge in [0.25, 0.3) is 0 Å². The van der Waals surface area contributed by atoms with Crippen LogP contribution in [0.25, 0.3) is 0 Å². The summed E-state index contributed by atoms with van der Waals surface area (Å²) >= 11 is 0. The summed E-state index contributed by atoms with van der Waals surface area (Å²) < 4.78 is 5.80. The van der Waals surface area contributed by atoms with Crippen molar-refractivity contribution in [2.75, 3.05) is 18.9 Å². The van der Waals surface area contributed by atoms with E-state index in [1.54, 1.807) is 31.0 Å². The summed E-state index contributed by atoms with van der Waals surface area (Å²) in [4.78, 5) is 24.7. The van der Waals surface area contributed by atoms with E-state index in [1.807, 2.05) is 42.5 Å². The van der Waals surface area contributed by atoms with Crippen molar-refractivity contribution in [3.63, 3.8) is 0 Å². The Morgan fingerprint density at radius 3 is 2.44 bits per heavy atom. The third-order valence-corrected chi connectivity index (χ3v) is 3.84. The smallest absolute Gasteiger partial charge is 0.320 e. The molecule has 6 nitrogen and oxygen atoms in total. The van der Waals surface area contributed by atoms with Crippen LogP contribution in [0.15, 0.2) is 54.6 Å². The minimum atomic E-state index is -0.912. The van der Waals surface area contributed by atoms with Crippen LogP contribution in [-0.4, -0.2) is 41.5 Å². The zero-order valence-corrected chi connectivity index (χ0v) is 14.3. The molecule has 0 saturated heterocycles. The number of hydrogen-bond donors (Lipinski definition) is 2. The number of benzene rings is 2. The van der Waals surface area contributed by atoms with E-state index in [1.165, 1.54) is 0 Å². The molecule has 132 valence electrons. The van der Waals surface area contributed by atoms with Crippen LogP contribution in [0.2, 0.25) is 0 Å². The number of likely N-dealkylation sites (N-methyl/N-ethyl adjacent to an activating group) is 1. The highest BCUT2D eigenvalue weighted by atomic mass is 16.5. The molecule has 2 aromatic rings. The lowest BCUT2D eigenvalue weighted by molar-refractivity contribution is -0.142. The summed E-state index contributed by atoms with van der Waals surface area (Å²) in [5.74, 6) is 0.117. The van der Waals surface area contributed by atoms with Crippen molar-refractivity contribution >= 4 is 17.6 Å². The third-order valence-electron chi connectivity index (χ3n) is 3.84. The van der Waals surface area contributed by atoms with Gasteiger partial charge in [-0.15, -0.1) is 0 Å². The van der Waals surface area contributed by atoms with E-state index in [0.29, 0.717) is 23.7 Å². The first-order valence-corrected chi connectivity index (χ1v) is 8.02. The largest absolute Gasteiger partial charge is 0.480 e. The minimum Gasteiger partial charge on any atom is -0.480 e. The second-order valence-electron chi connectivity index (χ2n) is 5.70. The molecule has 0 aliphatic rings. The lowest BCUT2D eigenvalue weighted by atomic mass is 10.2. The molecule has 2 N–H and O–H groups in total. The number of nitrogens with one attached hydrogen (secondary N) is 1. The van der Waals surface area contributed by atoms with Crippen LogP contribution in [0.3, 0.4) is 0 Å². The number of carboxylic acids is 1. The fraction of sp³-hybridized carbons (Fsp3) is 0.263. The Kier molecular flexibility index (Phi) is 6.54. The molecule has 1 atom stereocenters. The fourth-order valence-corrected chi connectivity index (χ4v) is 2.15. The second kappa shape index (κ2) is 8.84. The normalized spacial score (nSPS) is 11.8. The Morgan fingerprint density at radius 2 is 1.76 bits per heavy atom. The zero-order valence-electron chi connectivity index (χ0n) is 14.3. The number of ether oxygens (including phenoxy) is 1. The average molecular weight is 342 g/mol. The Labute approximate surface area is 147 Å². The van der Waals surface area contributed by atoms with Gasteiger partial charge in [-0.2, -0.15) is 0 Å². The van der Waals surface area contributed by atoms with Gasteiger partial charge in [0.2, 0.25) is 5.91 Å². The van der Waals surface area contributed by atoms with Crippen molar-refractivity contribution in [2.24, 2.45) is 0 Å². The SMILES string of the molecule is CC(C(=O)O)N(C)CCC(=O)Nc1ccccc1Oc1ccccc1. The van der Waals surface area contributed by atoms with Crippen molar-refractivity contribution in [3.05, 3.63) is 54.6 Å². The van der Waals surface area contributed by atoms with Crippen molar-refractivity contribution in [1.29, 1.82) is 0 Å². The van der Waals surface area contributed by atoms with Gasteiger partial charge in [0.05, 0.1) is 5.69 Å². The topological polar surface area (TPSA) is 78.9 Å². The summed E-state index contributed by atoms with van der Waals surface area (Å²) in [5, 5.41) is 11.8. The van der Waals surface area contributed by atoms with Crippen molar-refractivity contribution in [2.45, 2.75) is 19.4 Å². The van der Waals surface area contributed by atoms with Gasteiger partial charge in [-0.05, 0) is 38.2 Å². The van der Waals surface area contributed by atoms with Crippen LogP contribution in [0.5, 0.6) is 11.5 Å². The van der Waals surface area contributed by atoms with E-state index in [0.717, 1.165) is 0 Å². The number of hydrogen-bond acceptors (Lipinski definition) is 4. The molecule has 0 bridgehead atoms. The third kappa shape index (κ3) is 5.61. The van der Waals surface area contributed by atoms with Gasteiger partial charge in [-0.25, -0.2) is 0 Å². The number of carbonyl (C=O) groups is 2. The lowest BCUT2D eigenvalue weighted by Crippen LogP contribution is -2.37. The van der Waals surface area contributed by atoms with E-state index < -0.39 is 12.0 Å². The fourth-order valence-electron chi connectivity index (χ4n) is 2.15. The average Bonchev–Trinajstić information content (AvgIpc) is 2.61. The van der Waals surface area contributed by atoms with Crippen molar-refractivity contribution in [1.82, 2.24) is 4.90 Å². The standard InChI is InChI=1S/C19H22N2O4/c1-14(19(23)24)21(2)13-12-18(22)20-16-10-6-7-11-17(16)25-15-8-4-3-5-9-15/h3-11,14H,12-13H2,1-2H3,(H,20,22)(H,23,24). The van der Waals surface area contributed by atoms with Gasteiger partial charge in [0.1, 0.15) is 11.8 Å². The number of anilines is 1. The van der Waals surface area contributed by atoms with Gasteiger partial charge >= 0.3 is 5.97 Å². The predicted molar refractivity (Wildman–Crippen MR) is 95.9 cm³/mol. The number of para-hydroxylation sites is 3. The number of amides is 1. The summed E-state index contributed by atoms with van der Waals surface area (Å²) in [7, 11) is 1.68. The molecule has 0 aliphatic heterocycles. The summed E-state index contributed by atoms with van der Waals surface area (Å²) in [6.45, 7) is 1.93. The van der Waals surface area contributed by atoms with Gasteiger partial charge in [0.15, 0.2) is 5.75 Å². The molecule has 0 heterocycles. The summed E-state index contributed by atoms with van der Waals surface area (Å²) in [6, 6.07) is 15.9. The maximum atomic E-state index is 12.2. The molecule has 2 rings (SSSR count). The van der Waals surface area contributed by atoms with Crippen LogP contribution in [-0.2, 0) is 9.59 Å². The maximum absolute atomic E-state index is 12.2.